The van der Waals surface area contributed by atoms with Crippen LogP contribution in [0.4, 0.5) is 4.39 Å². The Morgan fingerprint density at radius 3 is 3.08 bits per heavy atom. The zero-order valence-corrected chi connectivity index (χ0v) is 6.89. The van der Waals surface area contributed by atoms with Gasteiger partial charge in [-0.05, 0) is 42.5 Å². The first-order chi connectivity index (χ1) is 5.86. The van der Waals surface area contributed by atoms with E-state index in [4.69, 9.17) is 0 Å². The van der Waals surface area contributed by atoms with Crippen molar-refractivity contribution >= 4 is 6.08 Å². The quantitative estimate of drug-likeness (QED) is 0.549. The number of aryl methyl sites for hydroxylation is 1. The van der Waals surface area contributed by atoms with Crippen LogP contribution in [0.5, 0.6) is 0 Å². The number of benzene rings is 1. The van der Waals surface area contributed by atoms with Crippen LogP contribution >= 0.6 is 0 Å². The first kappa shape index (κ1) is 7.53. The third kappa shape index (κ3) is 1.40. The maximum atomic E-state index is 12.8. The fourth-order valence-corrected chi connectivity index (χ4v) is 1.57. The molecule has 0 spiro atoms. The highest BCUT2D eigenvalue weighted by Crippen LogP contribution is 2.19. The first-order valence-corrected chi connectivity index (χ1v) is 4.31. The minimum absolute atomic E-state index is 0.121. The van der Waals surface area contributed by atoms with Gasteiger partial charge >= 0.3 is 0 Å². The van der Waals surface area contributed by atoms with E-state index in [0.29, 0.717) is 0 Å². The summed E-state index contributed by atoms with van der Waals surface area (Å²) in [6.45, 7) is 0. The van der Waals surface area contributed by atoms with Crippen molar-refractivity contribution in [3.63, 3.8) is 0 Å². The fourth-order valence-electron chi connectivity index (χ4n) is 1.57. The second-order valence-electron chi connectivity index (χ2n) is 3.14. The molecular weight excluding hydrogens is 151 g/mol. The summed E-state index contributed by atoms with van der Waals surface area (Å²) in [6.07, 6.45) is 7.48. The summed E-state index contributed by atoms with van der Waals surface area (Å²) in [5.74, 6) is -0.121. The Morgan fingerprint density at radius 1 is 1.25 bits per heavy atom. The lowest BCUT2D eigenvalue weighted by molar-refractivity contribution is 0.624. The summed E-state index contributed by atoms with van der Waals surface area (Å²) >= 11 is 0. The van der Waals surface area contributed by atoms with Crippen LogP contribution in [0.25, 0.3) is 6.08 Å². The van der Waals surface area contributed by atoms with Gasteiger partial charge in [0.15, 0.2) is 0 Å². The van der Waals surface area contributed by atoms with E-state index in [9.17, 15) is 4.39 Å². The number of allylic oxidation sites excluding steroid dienone is 1. The van der Waals surface area contributed by atoms with Gasteiger partial charge in [0.05, 0.1) is 0 Å². The van der Waals surface area contributed by atoms with Crippen molar-refractivity contribution in [2.24, 2.45) is 0 Å². The SMILES string of the molecule is Fc1ccc2c(c1)CCCC=C2. The van der Waals surface area contributed by atoms with Gasteiger partial charge in [-0.3, -0.25) is 0 Å². The molecule has 1 aromatic carbocycles. The molecule has 1 aromatic rings. The van der Waals surface area contributed by atoms with E-state index in [-0.39, 0.29) is 5.82 Å². The molecular formula is C11H11F. The standard InChI is InChI=1S/C11H11F/c12-11-7-6-9-4-2-1-3-5-10(9)8-11/h2,4,6-8H,1,3,5H2. The van der Waals surface area contributed by atoms with Gasteiger partial charge in [-0.25, -0.2) is 4.39 Å². The summed E-state index contributed by atoms with van der Waals surface area (Å²) in [5.41, 5.74) is 2.32. The number of hydrogen-bond acceptors (Lipinski definition) is 0. The van der Waals surface area contributed by atoms with Crippen molar-refractivity contribution in [3.05, 3.63) is 41.2 Å². The fraction of sp³-hybridized carbons (Fsp3) is 0.273. The normalized spacial score (nSPS) is 15.4. The van der Waals surface area contributed by atoms with E-state index < -0.39 is 0 Å². The molecule has 0 saturated heterocycles. The Hall–Kier alpha value is -1.11. The third-order valence-corrected chi connectivity index (χ3v) is 2.22. The lowest BCUT2D eigenvalue weighted by atomic mass is 10.0. The van der Waals surface area contributed by atoms with Crippen LogP contribution in [0.2, 0.25) is 0 Å². The number of hydrogen-bond donors (Lipinski definition) is 0. The molecule has 1 aliphatic rings. The van der Waals surface area contributed by atoms with Gasteiger partial charge in [0.2, 0.25) is 0 Å². The topological polar surface area (TPSA) is 0 Å². The van der Waals surface area contributed by atoms with E-state index in [1.54, 1.807) is 6.07 Å². The second kappa shape index (κ2) is 3.10. The van der Waals surface area contributed by atoms with Crippen LogP contribution in [0.1, 0.15) is 24.0 Å². The molecule has 0 radical (unpaired) electrons. The summed E-state index contributed by atoms with van der Waals surface area (Å²) in [7, 11) is 0. The van der Waals surface area contributed by atoms with Crippen molar-refractivity contribution in [1.82, 2.24) is 0 Å². The summed E-state index contributed by atoms with van der Waals surface area (Å²) in [5, 5.41) is 0. The zero-order valence-electron chi connectivity index (χ0n) is 6.89. The molecule has 0 aromatic heterocycles. The lowest BCUT2D eigenvalue weighted by Gasteiger charge is -2.02. The molecule has 0 atom stereocenters. The highest BCUT2D eigenvalue weighted by atomic mass is 19.1. The predicted molar refractivity (Wildman–Crippen MR) is 48.4 cm³/mol. The Bertz CT molecular complexity index is 313. The minimum atomic E-state index is -0.121. The van der Waals surface area contributed by atoms with Crippen LogP contribution in [0.15, 0.2) is 24.3 Å². The van der Waals surface area contributed by atoms with Crippen molar-refractivity contribution in [2.75, 3.05) is 0 Å². The molecule has 62 valence electrons. The lowest BCUT2D eigenvalue weighted by Crippen LogP contribution is -1.88. The van der Waals surface area contributed by atoms with E-state index in [1.165, 1.54) is 11.6 Å². The van der Waals surface area contributed by atoms with Crippen molar-refractivity contribution in [3.8, 4) is 0 Å². The third-order valence-electron chi connectivity index (χ3n) is 2.22. The molecule has 0 fully saturated rings. The van der Waals surface area contributed by atoms with Crippen molar-refractivity contribution < 1.29 is 4.39 Å². The molecule has 0 saturated carbocycles. The average molecular weight is 162 g/mol. The van der Waals surface area contributed by atoms with Gasteiger partial charge in [0.1, 0.15) is 5.82 Å². The number of rotatable bonds is 0. The van der Waals surface area contributed by atoms with Gasteiger partial charge in [-0.1, -0.05) is 18.2 Å². The van der Waals surface area contributed by atoms with Crippen LogP contribution in [-0.4, -0.2) is 0 Å². The zero-order chi connectivity index (χ0) is 8.39. The van der Waals surface area contributed by atoms with E-state index in [0.717, 1.165) is 24.8 Å². The van der Waals surface area contributed by atoms with Gasteiger partial charge in [0, 0.05) is 0 Å². The largest absolute Gasteiger partial charge is 0.207 e. The van der Waals surface area contributed by atoms with Gasteiger partial charge < -0.3 is 0 Å². The molecule has 0 bridgehead atoms. The first-order valence-electron chi connectivity index (χ1n) is 4.31. The number of fused-ring (bicyclic) bond motifs is 1. The summed E-state index contributed by atoms with van der Waals surface area (Å²) < 4.78 is 12.8. The Labute approximate surface area is 71.7 Å². The second-order valence-corrected chi connectivity index (χ2v) is 3.14. The minimum Gasteiger partial charge on any atom is -0.207 e. The molecule has 0 heterocycles. The molecule has 2 rings (SSSR count). The maximum Gasteiger partial charge on any atom is 0.123 e. The Kier molecular flexibility index (Phi) is 1.94. The van der Waals surface area contributed by atoms with Gasteiger partial charge in [-0.15, -0.1) is 0 Å². The highest BCUT2D eigenvalue weighted by molar-refractivity contribution is 5.54. The maximum absolute atomic E-state index is 12.8. The molecule has 0 amide bonds. The van der Waals surface area contributed by atoms with Crippen molar-refractivity contribution in [1.29, 1.82) is 0 Å². The predicted octanol–water partition coefficient (Wildman–Crippen LogP) is 3.18. The van der Waals surface area contributed by atoms with E-state index in [2.05, 4.69) is 12.2 Å². The van der Waals surface area contributed by atoms with Crippen LogP contribution in [0, 0.1) is 5.82 Å². The van der Waals surface area contributed by atoms with Crippen LogP contribution in [-0.2, 0) is 6.42 Å². The molecule has 1 heteroatoms. The number of halogens is 1. The van der Waals surface area contributed by atoms with E-state index >= 15 is 0 Å². The molecule has 0 nitrogen and oxygen atoms in total. The summed E-state index contributed by atoms with van der Waals surface area (Å²) in [4.78, 5) is 0. The Balaban J connectivity index is 2.46. The summed E-state index contributed by atoms with van der Waals surface area (Å²) in [6, 6.07) is 5.02. The Morgan fingerprint density at radius 2 is 2.17 bits per heavy atom. The monoisotopic (exact) mass is 162 g/mol. The van der Waals surface area contributed by atoms with Crippen LogP contribution in [0.3, 0.4) is 0 Å². The molecule has 12 heavy (non-hydrogen) atoms. The van der Waals surface area contributed by atoms with E-state index in [1.807, 2.05) is 6.07 Å². The molecule has 0 aliphatic heterocycles. The van der Waals surface area contributed by atoms with Crippen LogP contribution < -0.4 is 0 Å². The molecule has 1 aliphatic carbocycles. The molecule has 0 N–H and O–H groups in total. The highest BCUT2D eigenvalue weighted by Gasteiger charge is 2.03. The molecule has 0 unspecified atom stereocenters. The van der Waals surface area contributed by atoms with Gasteiger partial charge in [0.25, 0.3) is 0 Å². The average Bonchev–Trinajstić information content (AvgIpc) is 2.28. The van der Waals surface area contributed by atoms with Crippen molar-refractivity contribution in [2.45, 2.75) is 19.3 Å². The van der Waals surface area contributed by atoms with Gasteiger partial charge in [-0.2, -0.15) is 0 Å². The smallest absolute Gasteiger partial charge is 0.123 e.